The Morgan fingerprint density at radius 1 is 0.923 bits per heavy atom. The van der Waals surface area contributed by atoms with Crippen LogP contribution in [0.2, 0.25) is 0 Å². The zero-order valence-electron chi connectivity index (χ0n) is 15.6. The number of hydrogen-bond donors (Lipinski definition) is 2. The SMILES string of the molecule is COC(=O)[C@@H]1CCCCCCCCCCCC(=O)c2ccc([nH]2)C(=O)N1. The van der Waals surface area contributed by atoms with Gasteiger partial charge in [0, 0.05) is 6.42 Å². The van der Waals surface area contributed by atoms with Crippen LogP contribution in [-0.2, 0) is 9.53 Å². The molecular weight excluding hydrogens is 332 g/mol. The number of fused-ring (bicyclic) bond motifs is 2. The first-order valence-electron chi connectivity index (χ1n) is 9.72. The van der Waals surface area contributed by atoms with Gasteiger partial charge in [-0.05, 0) is 25.0 Å². The van der Waals surface area contributed by atoms with E-state index in [2.05, 4.69) is 10.3 Å². The summed E-state index contributed by atoms with van der Waals surface area (Å²) in [6.45, 7) is 0. The molecule has 26 heavy (non-hydrogen) atoms. The first-order valence-corrected chi connectivity index (χ1v) is 9.72. The molecule has 0 radical (unpaired) electrons. The highest BCUT2D eigenvalue weighted by Crippen LogP contribution is 2.15. The van der Waals surface area contributed by atoms with Crippen molar-refractivity contribution in [2.75, 3.05) is 7.11 Å². The molecule has 0 saturated heterocycles. The molecule has 0 spiro atoms. The van der Waals surface area contributed by atoms with Crippen LogP contribution in [0.25, 0.3) is 0 Å². The molecule has 1 aliphatic heterocycles. The summed E-state index contributed by atoms with van der Waals surface area (Å²) in [5.74, 6) is -0.800. The minimum atomic E-state index is -0.658. The highest BCUT2D eigenvalue weighted by atomic mass is 16.5. The van der Waals surface area contributed by atoms with E-state index in [0.717, 1.165) is 38.5 Å². The normalized spacial score (nSPS) is 21.3. The first-order chi connectivity index (χ1) is 12.6. The van der Waals surface area contributed by atoms with Gasteiger partial charge in [-0.2, -0.15) is 0 Å². The van der Waals surface area contributed by atoms with Crippen LogP contribution < -0.4 is 5.32 Å². The molecule has 1 atom stereocenters. The van der Waals surface area contributed by atoms with Gasteiger partial charge in [-0.3, -0.25) is 9.59 Å². The molecule has 0 unspecified atom stereocenters. The van der Waals surface area contributed by atoms with E-state index in [4.69, 9.17) is 4.74 Å². The lowest BCUT2D eigenvalue weighted by Gasteiger charge is -2.16. The largest absolute Gasteiger partial charge is 0.467 e. The Hall–Kier alpha value is -2.11. The van der Waals surface area contributed by atoms with Crippen LogP contribution in [0.15, 0.2) is 12.1 Å². The highest BCUT2D eigenvalue weighted by molar-refractivity contribution is 5.99. The van der Waals surface area contributed by atoms with Gasteiger partial charge in [0.2, 0.25) is 0 Å². The van der Waals surface area contributed by atoms with Crippen molar-refractivity contribution in [3.63, 3.8) is 0 Å². The van der Waals surface area contributed by atoms with Crippen molar-refractivity contribution >= 4 is 17.7 Å². The molecule has 1 aliphatic rings. The number of H-pyrrole nitrogens is 1. The van der Waals surface area contributed by atoms with E-state index in [0.29, 0.717) is 24.2 Å². The molecule has 0 aromatic carbocycles. The number of carbonyl (C=O) groups excluding carboxylic acids is 3. The van der Waals surface area contributed by atoms with Crippen molar-refractivity contribution in [2.24, 2.45) is 0 Å². The molecular formula is C20H30N2O4. The van der Waals surface area contributed by atoms with Gasteiger partial charge in [0.05, 0.1) is 12.8 Å². The lowest BCUT2D eigenvalue weighted by atomic mass is 10.0. The number of amides is 1. The average molecular weight is 362 g/mol. The van der Waals surface area contributed by atoms with E-state index in [9.17, 15) is 14.4 Å². The molecule has 6 heteroatoms. The monoisotopic (exact) mass is 362 g/mol. The second-order valence-corrected chi connectivity index (χ2v) is 6.98. The van der Waals surface area contributed by atoms with Crippen molar-refractivity contribution in [3.8, 4) is 0 Å². The Labute approximate surface area is 155 Å². The molecule has 2 heterocycles. The summed E-state index contributed by atoms with van der Waals surface area (Å²) in [4.78, 5) is 39.5. The highest BCUT2D eigenvalue weighted by Gasteiger charge is 2.23. The summed E-state index contributed by atoms with van der Waals surface area (Å²) in [7, 11) is 1.32. The summed E-state index contributed by atoms with van der Waals surface area (Å²) >= 11 is 0. The number of methoxy groups -OCH3 is 1. The van der Waals surface area contributed by atoms with Gasteiger partial charge in [-0.25, -0.2) is 4.79 Å². The number of esters is 1. The summed E-state index contributed by atoms with van der Waals surface area (Å²) in [5.41, 5.74) is 0.745. The predicted octanol–water partition coefficient (Wildman–Crippen LogP) is 3.77. The lowest BCUT2D eigenvalue weighted by molar-refractivity contribution is -0.143. The number of aromatic amines is 1. The van der Waals surface area contributed by atoms with Gasteiger partial charge >= 0.3 is 5.97 Å². The van der Waals surface area contributed by atoms with Crippen LogP contribution in [0.5, 0.6) is 0 Å². The third kappa shape index (κ3) is 6.32. The number of ether oxygens (including phenoxy) is 1. The Morgan fingerprint density at radius 2 is 1.50 bits per heavy atom. The molecule has 1 amide bonds. The second kappa shape index (κ2) is 10.8. The molecule has 6 nitrogen and oxygen atoms in total. The lowest BCUT2D eigenvalue weighted by Crippen LogP contribution is -2.41. The van der Waals surface area contributed by atoms with Crippen LogP contribution in [0.4, 0.5) is 0 Å². The van der Waals surface area contributed by atoms with Crippen molar-refractivity contribution in [2.45, 2.75) is 76.7 Å². The second-order valence-electron chi connectivity index (χ2n) is 6.98. The van der Waals surface area contributed by atoms with Crippen molar-refractivity contribution < 1.29 is 19.1 Å². The smallest absolute Gasteiger partial charge is 0.328 e. The van der Waals surface area contributed by atoms with Gasteiger partial charge < -0.3 is 15.0 Å². The summed E-state index contributed by atoms with van der Waals surface area (Å²) in [5, 5.41) is 2.73. The fraction of sp³-hybridized carbons (Fsp3) is 0.650. The summed E-state index contributed by atoms with van der Waals surface area (Å²) < 4.78 is 4.81. The summed E-state index contributed by atoms with van der Waals surface area (Å²) in [6, 6.07) is 2.57. The minimum Gasteiger partial charge on any atom is -0.467 e. The quantitative estimate of drug-likeness (QED) is 0.744. The van der Waals surface area contributed by atoms with Gasteiger partial charge in [-0.15, -0.1) is 0 Å². The van der Waals surface area contributed by atoms with Crippen LogP contribution in [-0.4, -0.2) is 35.8 Å². The van der Waals surface area contributed by atoms with Crippen LogP contribution >= 0.6 is 0 Å². The molecule has 2 bridgehead atoms. The molecule has 1 aromatic rings. The maximum absolute atomic E-state index is 12.4. The number of rotatable bonds is 1. The molecule has 1 aromatic heterocycles. The molecule has 0 saturated carbocycles. The Bertz CT molecular complexity index is 609. The maximum atomic E-state index is 12.4. The standard InChI is InChI=1S/C20H30N2O4/c1-26-20(25)17-11-9-7-5-3-2-4-6-8-10-12-18(23)15-13-14-16(21-15)19(24)22-17/h13-14,17,21H,2-12H2,1H3,(H,22,24)/t17-/m0/s1. The Kier molecular flexibility index (Phi) is 8.38. The van der Waals surface area contributed by atoms with E-state index < -0.39 is 12.0 Å². The number of nitrogens with one attached hydrogen (secondary N) is 2. The molecule has 2 N–H and O–H groups in total. The summed E-state index contributed by atoms with van der Waals surface area (Å²) in [6.07, 6.45) is 10.8. The van der Waals surface area contributed by atoms with E-state index >= 15 is 0 Å². The fourth-order valence-corrected chi connectivity index (χ4v) is 3.32. The van der Waals surface area contributed by atoms with Crippen molar-refractivity contribution in [1.82, 2.24) is 10.3 Å². The number of hydrogen-bond acceptors (Lipinski definition) is 4. The third-order valence-corrected chi connectivity index (χ3v) is 4.92. The number of ketones is 1. The molecule has 2 rings (SSSR count). The average Bonchev–Trinajstić information content (AvgIpc) is 3.13. The topological polar surface area (TPSA) is 88.3 Å². The predicted molar refractivity (Wildman–Crippen MR) is 99.2 cm³/mol. The van der Waals surface area contributed by atoms with Crippen LogP contribution in [0, 0.1) is 0 Å². The zero-order chi connectivity index (χ0) is 18.8. The zero-order valence-corrected chi connectivity index (χ0v) is 15.6. The van der Waals surface area contributed by atoms with E-state index in [1.54, 1.807) is 12.1 Å². The van der Waals surface area contributed by atoms with Gasteiger partial charge in [0.25, 0.3) is 5.91 Å². The molecule has 0 aliphatic carbocycles. The van der Waals surface area contributed by atoms with E-state index in [1.165, 1.54) is 26.4 Å². The fourth-order valence-electron chi connectivity index (χ4n) is 3.32. The van der Waals surface area contributed by atoms with Crippen LogP contribution in [0.3, 0.4) is 0 Å². The molecule has 0 fully saturated rings. The Balaban J connectivity index is 2.06. The van der Waals surface area contributed by atoms with Gasteiger partial charge in [0.1, 0.15) is 11.7 Å². The van der Waals surface area contributed by atoms with E-state index in [1.807, 2.05) is 0 Å². The Morgan fingerprint density at radius 3 is 2.15 bits per heavy atom. The third-order valence-electron chi connectivity index (χ3n) is 4.92. The number of carbonyl (C=O) groups is 3. The van der Waals surface area contributed by atoms with Gasteiger partial charge in [-0.1, -0.05) is 51.4 Å². The van der Waals surface area contributed by atoms with Crippen LogP contribution in [0.1, 0.15) is 91.6 Å². The number of aromatic nitrogens is 1. The van der Waals surface area contributed by atoms with E-state index in [-0.39, 0.29) is 11.7 Å². The van der Waals surface area contributed by atoms with Crippen molar-refractivity contribution in [3.05, 3.63) is 23.5 Å². The first kappa shape index (κ1) is 20.2. The number of Topliss-reactive ketones (excluding diaryl/α,β-unsaturated/α-hetero) is 1. The van der Waals surface area contributed by atoms with Gasteiger partial charge in [0.15, 0.2) is 5.78 Å². The molecule has 144 valence electrons. The maximum Gasteiger partial charge on any atom is 0.328 e. The van der Waals surface area contributed by atoms with Crippen molar-refractivity contribution in [1.29, 1.82) is 0 Å². The minimum absolute atomic E-state index is 0.0229.